The third-order valence-corrected chi connectivity index (χ3v) is 6.12. The second-order valence-corrected chi connectivity index (χ2v) is 7.93. The van der Waals surface area contributed by atoms with Crippen LogP contribution in [0.2, 0.25) is 0 Å². The van der Waals surface area contributed by atoms with E-state index in [1.165, 1.54) is 0 Å². The summed E-state index contributed by atoms with van der Waals surface area (Å²) in [6, 6.07) is 7.63. The fraction of sp³-hybridized carbons (Fsp3) is 0.579. The van der Waals surface area contributed by atoms with Crippen molar-refractivity contribution in [2.45, 2.75) is 25.6 Å². The Kier molecular flexibility index (Phi) is 5.29. The minimum absolute atomic E-state index is 0.0488. The molecule has 0 aliphatic carbocycles. The van der Waals surface area contributed by atoms with Gasteiger partial charge in [-0.1, -0.05) is 12.1 Å². The summed E-state index contributed by atoms with van der Waals surface area (Å²) in [6.45, 7) is 3.14. The maximum Gasteiger partial charge on any atom is 0.239 e. The van der Waals surface area contributed by atoms with Crippen molar-refractivity contribution in [1.29, 1.82) is 0 Å². The Bertz CT molecular complexity index is 692. The van der Waals surface area contributed by atoms with Crippen LogP contribution in [0.4, 0.5) is 5.69 Å². The Hall–Kier alpha value is -1.44. The Morgan fingerprint density at radius 1 is 1.12 bits per heavy atom. The smallest absolute Gasteiger partial charge is 0.239 e. The van der Waals surface area contributed by atoms with Gasteiger partial charge in [0.05, 0.1) is 18.9 Å². The lowest BCUT2D eigenvalue weighted by atomic mass is 9.95. The molecule has 0 aromatic heterocycles. The Labute approximate surface area is 161 Å². The number of carbonyl (C=O) groups excluding carboxylic acids is 2. The number of ether oxygens (including phenoxy) is 2. The second-order valence-electron chi connectivity index (χ2n) is 7.08. The number of piperidine rings is 1. The fourth-order valence-electron chi connectivity index (χ4n) is 4.12. The molecule has 2 atom stereocenters. The largest absolute Gasteiger partial charge is 0.350 e. The Balaban J connectivity index is 1.43. The fourth-order valence-corrected chi connectivity index (χ4v) is 4.62. The van der Waals surface area contributed by atoms with E-state index >= 15 is 0 Å². The first-order valence-corrected chi connectivity index (χ1v) is 10.0. The number of hydrogen-bond acceptors (Lipinski definition) is 4. The number of hydrogen-bond donors (Lipinski definition) is 0. The van der Waals surface area contributed by atoms with Gasteiger partial charge in [0.2, 0.25) is 11.8 Å². The van der Waals surface area contributed by atoms with Crippen molar-refractivity contribution in [2.75, 3.05) is 37.7 Å². The van der Waals surface area contributed by atoms with Crippen LogP contribution in [0.25, 0.3) is 0 Å². The maximum absolute atomic E-state index is 13.0. The van der Waals surface area contributed by atoms with Crippen molar-refractivity contribution in [3.8, 4) is 0 Å². The van der Waals surface area contributed by atoms with Crippen molar-refractivity contribution in [1.82, 2.24) is 4.90 Å². The summed E-state index contributed by atoms with van der Waals surface area (Å²) in [5.41, 5.74) is 0.831. The highest BCUT2D eigenvalue weighted by molar-refractivity contribution is 9.10. The molecule has 0 N–H and O–H groups in total. The monoisotopic (exact) mass is 422 g/mol. The lowest BCUT2D eigenvalue weighted by molar-refractivity contribution is -0.145. The van der Waals surface area contributed by atoms with Crippen molar-refractivity contribution in [2.24, 2.45) is 11.8 Å². The molecule has 26 heavy (non-hydrogen) atoms. The first-order chi connectivity index (χ1) is 12.6. The van der Waals surface area contributed by atoms with E-state index < -0.39 is 5.92 Å². The predicted octanol–water partition coefficient (Wildman–Crippen LogP) is 2.41. The van der Waals surface area contributed by atoms with E-state index in [9.17, 15) is 9.59 Å². The van der Waals surface area contributed by atoms with Gasteiger partial charge in [0.25, 0.3) is 0 Å². The van der Waals surface area contributed by atoms with Crippen molar-refractivity contribution >= 4 is 33.4 Å². The molecule has 3 fully saturated rings. The minimum atomic E-state index is -0.578. The number of halogens is 1. The average molecular weight is 423 g/mol. The van der Waals surface area contributed by atoms with E-state index in [1.807, 2.05) is 29.2 Å². The zero-order valence-corrected chi connectivity index (χ0v) is 16.2. The van der Waals surface area contributed by atoms with Crippen LogP contribution in [0, 0.1) is 11.8 Å². The number of benzene rings is 1. The zero-order chi connectivity index (χ0) is 18.1. The standard InChI is InChI=1S/C19H23BrN2O4/c20-15-5-1-2-6-16(15)22-9-7-14(18(22)24)17(23)21-8-3-4-13(12-21)19-25-10-11-26-19/h1-2,5-6,13-14,19H,3-4,7-12H2. The summed E-state index contributed by atoms with van der Waals surface area (Å²) in [5, 5.41) is 0. The topological polar surface area (TPSA) is 59.1 Å². The molecular weight excluding hydrogens is 400 g/mol. The van der Waals surface area contributed by atoms with Gasteiger partial charge in [-0.05, 0) is 47.3 Å². The lowest BCUT2D eigenvalue weighted by Crippen LogP contribution is -2.47. The summed E-state index contributed by atoms with van der Waals surface area (Å²) < 4.78 is 12.1. The number of anilines is 1. The van der Waals surface area contributed by atoms with Crippen LogP contribution in [-0.2, 0) is 19.1 Å². The molecule has 3 aliphatic heterocycles. The summed E-state index contributed by atoms with van der Waals surface area (Å²) >= 11 is 3.50. The van der Waals surface area contributed by atoms with Gasteiger partial charge in [0, 0.05) is 30.0 Å². The molecule has 1 aromatic rings. The van der Waals surface area contributed by atoms with E-state index in [2.05, 4.69) is 15.9 Å². The molecule has 0 saturated carbocycles. The van der Waals surface area contributed by atoms with E-state index in [-0.39, 0.29) is 24.0 Å². The van der Waals surface area contributed by atoms with Crippen molar-refractivity contribution in [3.63, 3.8) is 0 Å². The molecule has 140 valence electrons. The van der Waals surface area contributed by atoms with Crippen LogP contribution in [0.3, 0.4) is 0 Å². The number of amides is 2. The Morgan fingerprint density at radius 3 is 2.65 bits per heavy atom. The van der Waals surface area contributed by atoms with Crippen LogP contribution in [0.15, 0.2) is 28.7 Å². The molecule has 0 radical (unpaired) electrons. The number of likely N-dealkylation sites (tertiary alicyclic amines) is 1. The number of para-hydroxylation sites is 1. The molecule has 3 saturated heterocycles. The predicted molar refractivity (Wildman–Crippen MR) is 99.6 cm³/mol. The number of nitrogens with zero attached hydrogens (tertiary/aromatic N) is 2. The van der Waals surface area contributed by atoms with Gasteiger partial charge in [-0.3, -0.25) is 9.59 Å². The average Bonchev–Trinajstić information content (AvgIpc) is 3.32. The van der Waals surface area contributed by atoms with Gasteiger partial charge in [0.15, 0.2) is 6.29 Å². The summed E-state index contributed by atoms with van der Waals surface area (Å²) in [5.74, 6) is -0.526. The molecule has 2 unspecified atom stereocenters. The van der Waals surface area contributed by atoms with Gasteiger partial charge in [-0.25, -0.2) is 0 Å². The van der Waals surface area contributed by atoms with Crippen molar-refractivity contribution < 1.29 is 19.1 Å². The lowest BCUT2D eigenvalue weighted by Gasteiger charge is -2.35. The van der Waals surface area contributed by atoms with Crippen LogP contribution in [0.5, 0.6) is 0 Å². The highest BCUT2D eigenvalue weighted by Gasteiger charge is 2.42. The maximum atomic E-state index is 13.0. The van der Waals surface area contributed by atoms with E-state index in [4.69, 9.17) is 9.47 Å². The molecule has 2 amide bonds. The molecular formula is C19H23BrN2O4. The zero-order valence-electron chi connectivity index (χ0n) is 14.6. The summed E-state index contributed by atoms with van der Waals surface area (Å²) in [4.78, 5) is 29.5. The number of carbonyl (C=O) groups is 2. The first-order valence-electron chi connectivity index (χ1n) is 9.23. The highest BCUT2D eigenvalue weighted by Crippen LogP contribution is 2.33. The second kappa shape index (κ2) is 7.66. The molecule has 3 heterocycles. The van der Waals surface area contributed by atoms with Crippen LogP contribution >= 0.6 is 15.9 Å². The molecule has 0 bridgehead atoms. The molecule has 3 aliphatic rings. The van der Waals surface area contributed by atoms with Gasteiger partial charge in [-0.2, -0.15) is 0 Å². The molecule has 1 aromatic carbocycles. The van der Waals surface area contributed by atoms with E-state index in [1.54, 1.807) is 4.90 Å². The first kappa shape index (κ1) is 17.9. The van der Waals surface area contributed by atoms with Gasteiger partial charge >= 0.3 is 0 Å². The van der Waals surface area contributed by atoms with Crippen molar-refractivity contribution in [3.05, 3.63) is 28.7 Å². The summed E-state index contributed by atoms with van der Waals surface area (Å²) in [6.07, 6.45) is 2.28. The van der Waals surface area contributed by atoms with E-state index in [0.717, 1.165) is 23.0 Å². The molecule has 4 rings (SSSR count). The third kappa shape index (κ3) is 3.40. The van der Waals surface area contributed by atoms with Crippen LogP contribution < -0.4 is 4.90 Å². The van der Waals surface area contributed by atoms with Crippen LogP contribution in [-0.4, -0.2) is 55.9 Å². The quantitative estimate of drug-likeness (QED) is 0.701. The Morgan fingerprint density at radius 2 is 1.88 bits per heavy atom. The third-order valence-electron chi connectivity index (χ3n) is 5.45. The van der Waals surface area contributed by atoms with Gasteiger partial charge in [-0.15, -0.1) is 0 Å². The normalized spacial score (nSPS) is 27.3. The molecule has 0 spiro atoms. The summed E-state index contributed by atoms with van der Waals surface area (Å²) in [7, 11) is 0. The number of rotatable bonds is 3. The molecule has 7 heteroatoms. The minimum Gasteiger partial charge on any atom is -0.350 e. The molecule has 6 nitrogen and oxygen atoms in total. The highest BCUT2D eigenvalue weighted by atomic mass is 79.9. The van der Waals surface area contributed by atoms with Gasteiger partial charge < -0.3 is 19.3 Å². The van der Waals surface area contributed by atoms with Crippen LogP contribution in [0.1, 0.15) is 19.3 Å². The SMILES string of the molecule is O=C(C1CCN(c2ccccc2Br)C1=O)N1CCCC(C2OCCO2)C1. The van der Waals surface area contributed by atoms with E-state index in [0.29, 0.717) is 39.3 Å². The van der Waals surface area contributed by atoms with Gasteiger partial charge in [0.1, 0.15) is 5.92 Å².